The topological polar surface area (TPSA) is 26.3 Å². The third kappa shape index (κ3) is 3.09. The van der Waals surface area contributed by atoms with Crippen molar-refractivity contribution in [3.8, 4) is 0 Å². The van der Waals surface area contributed by atoms with Gasteiger partial charge in [0.05, 0.1) is 17.7 Å². The van der Waals surface area contributed by atoms with Gasteiger partial charge in [0.15, 0.2) is 0 Å². The zero-order valence-electron chi connectivity index (χ0n) is 9.47. The molecule has 2 nitrogen and oxygen atoms in total. The molecule has 0 aromatic heterocycles. The Kier molecular flexibility index (Phi) is 4.11. The van der Waals surface area contributed by atoms with Gasteiger partial charge >= 0.3 is 12.1 Å². The number of halogens is 4. The van der Waals surface area contributed by atoms with Crippen LogP contribution in [0.25, 0.3) is 5.57 Å². The second kappa shape index (κ2) is 5.20. The van der Waals surface area contributed by atoms with Gasteiger partial charge in [-0.3, -0.25) is 0 Å². The van der Waals surface area contributed by atoms with E-state index in [9.17, 15) is 22.4 Å². The van der Waals surface area contributed by atoms with E-state index < -0.39 is 23.5 Å². The standard InChI is InChI=1S/C12H10F4O2/c1-3-18-11(17)7(2)8-4-5-9(10(13)6-8)12(14,15)16/h4-6H,2-3H2,1H3. The Labute approximate surface area is 101 Å². The number of ether oxygens (including phenoxy) is 1. The molecule has 6 heteroatoms. The lowest BCUT2D eigenvalue weighted by atomic mass is 10.0. The average Bonchev–Trinajstić information content (AvgIpc) is 2.26. The molecule has 0 saturated carbocycles. The smallest absolute Gasteiger partial charge is 0.419 e. The van der Waals surface area contributed by atoms with E-state index in [1.807, 2.05) is 0 Å². The Balaban J connectivity index is 3.05. The van der Waals surface area contributed by atoms with E-state index in [1.165, 1.54) is 0 Å². The van der Waals surface area contributed by atoms with Crippen molar-refractivity contribution >= 4 is 11.5 Å². The third-order valence-corrected chi connectivity index (χ3v) is 2.14. The van der Waals surface area contributed by atoms with Crippen LogP contribution in [-0.4, -0.2) is 12.6 Å². The van der Waals surface area contributed by atoms with Crippen molar-refractivity contribution in [1.82, 2.24) is 0 Å². The molecule has 0 aliphatic carbocycles. The summed E-state index contributed by atoms with van der Waals surface area (Å²) in [5.74, 6) is -2.25. The number of carbonyl (C=O) groups is 1. The van der Waals surface area contributed by atoms with Crippen LogP contribution in [-0.2, 0) is 15.7 Å². The second-order valence-corrected chi connectivity index (χ2v) is 3.39. The number of hydrogen-bond acceptors (Lipinski definition) is 2. The van der Waals surface area contributed by atoms with Crippen LogP contribution < -0.4 is 0 Å². The van der Waals surface area contributed by atoms with Crippen LogP contribution in [0.2, 0.25) is 0 Å². The first kappa shape index (κ1) is 14.2. The number of benzene rings is 1. The lowest BCUT2D eigenvalue weighted by Crippen LogP contribution is -2.10. The number of carbonyl (C=O) groups excluding carboxylic acids is 1. The van der Waals surface area contributed by atoms with Crippen LogP contribution in [0.5, 0.6) is 0 Å². The first-order valence-electron chi connectivity index (χ1n) is 5.00. The molecule has 0 bridgehead atoms. The molecule has 1 aromatic carbocycles. The lowest BCUT2D eigenvalue weighted by Gasteiger charge is -2.10. The molecule has 0 amide bonds. The minimum Gasteiger partial charge on any atom is -0.462 e. The van der Waals surface area contributed by atoms with Crippen molar-refractivity contribution in [2.24, 2.45) is 0 Å². The molecule has 0 heterocycles. The van der Waals surface area contributed by atoms with Crippen LogP contribution in [0, 0.1) is 5.82 Å². The van der Waals surface area contributed by atoms with Gasteiger partial charge in [-0.05, 0) is 24.6 Å². The molecule has 0 aliphatic heterocycles. The van der Waals surface area contributed by atoms with E-state index in [1.54, 1.807) is 6.92 Å². The summed E-state index contributed by atoms with van der Waals surface area (Å²) in [6.07, 6.45) is -4.77. The Morgan fingerprint density at radius 1 is 1.39 bits per heavy atom. The number of alkyl halides is 3. The molecule has 0 aliphatic rings. The molecule has 0 radical (unpaired) electrons. The van der Waals surface area contributed by atoms with Crippen LogP contribution >= 0.6 is 0 Å². The molecule has 1 aromatic rings. The van der Waals surface area contributed by atoms with Gasteiger partial charge in [0.2, 0.25) is 0 Å². The van der Waals surface area contributed by atoms with Gasteiger partial charge in [-0.25, -0.2) is 9.18 Å². The minimum absolute atomic E-state index is 0.0426. The molecule has 1 rings (SSSR count). The Morgan fingerprint density at radius 2 is 2.00 bits per heavy atom. The van der Waals surface area contributed by atoms with E-state index >= 15 is 0 Å². The third-order valence-electron chi connectivity index (χ3n) is 2.14. The predicted molar refractivity (Wildman–Crippen MR) is 57.1 cm³/mol. The van der Waals surface area contributed by atoms with Crippen molar-refractivity contribution in [1.29, 1.82) is 0 Å². The van der Waals surface area contributed by atoms with Gasteiger partial charge in [0.1, 0.15) is 5.82 Å². The largest absolute Gasteiger partial charge is 0.462 e. The van der Waals surface area contributed by atoms with Crippen molar-refractivity contribution in [2.75, 3.05) is 6.61 Å². The van der Waals surface area contributed by atoms with Crippen LogP contribution in [0.4, 0.5) is 17.6 Å². The Morgan fingerprint density at radius 3 is 2.44 bits per heavy atom. The maximum Gasteiger partial charge on any atom is 0.419 e. The molecule has 0 spiro atoms. The van der Waals surface area contributed by atoms with Crippen LogP contribution in [0.15, 0.2) is 24.8 Å². The van der Waals surface area contributed by atoms with Crippen molar-refractivity contribution in [3.63, 3.8) is 0 Å². The zero-order chi connectivity index (χ0) is 13.9. The minimum atomic E-state index is -4.77. The summed E-state index contributed by atoms with van der Waals surface area (Å²) in [5, 5.41) is 0. The average molecular weight is 262 g/mol. The zero-order valence-corrected chi connectivity index (χ0v) is 9.47. The monoisotopic (exact) mass is 262 g/mol. The van der Waals surface area contributed by atoms with Gasteiger partial charge in [0, 0.05) is 0 Å². The second-order valence-electron chi connectivity index (χ2n) is 3.39. The fraction of sp³-hybridized carbons (Fsp3) is 0.250. The number of hydrogen-bond donors (Lipinski definition) is 0. The van der Waals surface area contributed by atoms with E-state index in [0.29, 0.717) is 12.1 Å². The quantitative estimate of drug-likeness (QED) is 0.474. The van der Waals surface area contributed by atoms with Crippen LogP contribution in [0.3, 0.4) is 0 Å². The fourth-order valence-corrected chi connectivity index (χ4v) is 1.27. The van der Waals surface area contributed by atoms with Crippen molar-refractivity contribution in [2.45, 2.75) is 13.1 Å². The summed E-state index contributed by atoms with van der Waals surface area (Å²) in [7, 11) is 0. The molecule has 0 unspecified atom stereocenters. The predicted octanol–water partition coefficient (Wildman–Crippen LogP) is 3.42. The summed E-state index contributed by atoms with van der Waals surface area (Å²) in [6, 6.07) is 2.16. The Bertz CT molecular complexity index is 477. The highest BCUT2D eigenvalue weighted by atomic mass is 19.4. The van der Waals surface area contributed by atoms with E-state index in [-0.39, 0.29) is 17.7 Å². The Hall–Kier alpha value is -1.85. The highest BCUT2D eigenvalue weighted by molar-refractivity contribution is 6.15. The maximum atomic E-state index is 13.2. The SMILES string of the molecule is C=C(C(=O)OCC)c1ccc(C(F)(F)F)c(F)c1. The summed E-state index contributed by atoms with van der Waals surface area (Å²) >= 11 is 0. The molecule has 0 atom stereocenters. The first-order valence-corrected chi connectivity index (χ1v) is 5.00. The van der Waals surface area contributed by atoms with Gasteiger partial charge in [-0.2, -0.15) is 13.2 Å². The summed E-state index contributed by atoms with van der Waals surface area (Å²) in [5.41, 5.74) is -1.62. The van der Waals surface area contributed by atoms with Crippen molar-refractivity contribution in [3.05, 3.63) is 41.7 Å². The maximum absolute atomic E-state index is 13.2. The summed E-state index contributed by atoms with van der Waals surface area (Å²) in [4.78, 5) is 11.3. The molecular formula is C12H10F4O2. The summed E-state index contributed by atoms with van der Waals surface area (Å²) < 4.78 is 54.8. The molecule has 0 saturated heterocycles. The first-order chi connectivity index (χ1) is 8.27. The summed E-state index contributed by atoms with van der Waals surface area (Å²) in [6.45, 7) is 5.02. The number of esters is 1. The van der Waals surface area contributed by atoms with Gasteiger partial charge < -0.3 is 4.74 Å². The molecular weight excluding hydrogens is 252 g/mol. The highest BCUT2D eigenvalue weighted by Crippen LogP contribution is 2.32. The highest BCUT2D eigenvalue weighted by Gasteiger charge is 2.34. The van der Waals surface area contributed by atoms with Gasteiger partial charge in [-0.15, -0.1) is 0 Å². The van der Waals surface area contributed by atoms with E-state index in [4.69, 9.17) is 0 Å². The molecule has 0 fully saturated rings. The van der Waals surface area contributed by atoms with E-state index in [2.05, 4.69) is 11.3 Å². The van der Waals surface area contributed by atoms with Crippen molar-refractivity contribution < 1.29 is 27.1 Å². The van der Waals surface area contributed by atoms with E-state index in [0.717, 1.165) is 6.07 Å². The lowest BCUT2D eigenvalue weighted by molar-refractivity contribution is -0.140. The normalized spacial score (nSPS) is 11.2. The molecule has 98 valence electrons. The number of rotatable bonds is 3. The fourth-order valence-electron chi connectivity index (χ4n) is 1.27. The van der Waals surface area contributed by atoms with Gasteiger partial charge in [-0.1, -0.05) is 12.6 Å². The molecule has 0 N–H and O–H groups in total. The van der Waals surface area contributed by atoms with Crippen LogP contribution in [0.1, 0.15) is 18.1 Å². The van der Waals surface area contributed by atoms with Gasteiger partial charge in [0.25, 0.3) is 0 Å². The molecule has 18 heavy (non-hydrogen) atoms.